The van der Waals surface area contributed by atoms with E-state index in [1.165, 1.54) is 24.5 Å². The lowest BCUT2D eigenvalue weighted by molar-refractivity contribution is 0.602. The second-order valence-corrected chi connectivity index (χ2v) is 7.71. The van der Waals surface area contributed by atoms with Crippen LogP contribution in [-0.4, -0.2) is 29.8 Å². The Labute approximate surface area is 138 Å². The normalized spacial score (nSPS) is 16.0. The van der Waals surface area contributed by atoms with Gasteiger partial charge in [-0.05, 0) is 31.2 Å². The fraction of sp³-hybridized carbons (Fsp3) is 0.188. The topological polar surface area (TPSA) is 63.2 Å². The first-order valence-corrected chi connectivity index (χ1v) is 9.44. The van der Waals surface area contributed by atoms with Crippen LogP contribution in [0.25, 0.3) is 0 Å². The first kappa shape index (κ1) is 17.4. The quantitative estimate of drug-likeness (QED) is 0.800. The first-order chi connectivity index (χ1) is 10.8. The Bertz CT molecular complexity index is 860. The predicted molar refractivity (Wildman–Crippen MR) is 91.3 cm³/mol. The van der Waals surface area contributed by atoms with Gasteiger partial charge in [-0.25, -0.2) is 17.0 Å². The van der Waals surface area contributed by atoms with Crippen LogP contribution in [0.5, 0.6) is 0 Å². The van der Waals surface area contributed by atoms with Crippen LogP contribution in [0, 0.1) is 5.82 Å². The summed E-state index contributed by atoms with van der Waals surface area (Å²) in [4.78, 5) is 0.971. The third-order valence-corrected chi connectivity index (χ3v) is 5.14. The van der Waals surface area contributed by atoms with Crippen LogP contribution in [-0.2, 0) is 21.1 Å². The van der Waals surface area contributed by atoms with Crippen molar-refractivity contribution in [3.8, 4) is 0 Å². The Kier molecular flexibility index (Phi) is 5.33. The van der Waals surface area contributed by atoms with E-state index >= 15 is 0 Å². The molecule has 0 fully saturated rings. The summed E-state index contributed by atoms with van der Waals surface area (Å²) in [7, 11) is -3.20. The van der Waals surface area contributed by atoms with E-state index in [1.807, 2.05) is 6.92 Å². The minimum Gasteiger partial charge on any atom is -0.377 e. The van der Waals surface area contributed by atoms with Gasteiger partial charge in [0, 0.05) is 17.5 Å². The van der Waals surface area contributed by atoms with E-state index in [1.54, 1.807) is 30.3 Å². The van der Waals surface area contributed by atoms with Crippen molar-refractivity contribution in [2.75, 3.05) is 11.6 Å². The smallest absolute Gasteiger partial charge is 0.175 e. The van der Waals surface area contributed by atoms with Gasteiger partial charge in [0.2, 0.25) is 0 Å². The molecule has 0 aromatic heterocycles. The SMILES string of the molecule is CC1Nc2cc(S(C)(=O)=O)ccc2C1=S=O.Fc1ccccc1. The van der Waals surface area contributed by atoms with E-state index in [9.17, 15) is 17.0 Å². The first-order valence-electron chi connectivity index (χ1n) is 6.81. The van der Waals surface area contributed by atoms with Gasteiger partial charge in [0.25, 0.3) is 0 Å². The maximum Gasteiger partial charge on any atom is 0.175 e. The van der Waals surface area contributed by atoms with Gasteiger partial charge in [-0.2, -0.15) is 0 Å². The standard InChI is InChI=1S/C10H11NO3S2.C6H5F/c1-6-10(15-12)8-4-3-7(16(2,13)14)5-9(8)11-6;7-6-4-2-1-3-5-6/h3-6,11H,1-2H3;1-5H. The van der Waals surface area contributed by atoms with Crippen molar-refractivity contribution in [1.82, 2.24) is 0 Å². The highest BCUT2D eigenvalue weighted by atomic mass is 32.2. The molecule has 0 saturated carbocycles. The van der Waals surface area contributed by atoms with E-state index in [2.05, 4.69) is 5.32 Å². The molecule has 0 spiro atoms. The highest BCUT2D eigenvalue weighted by Gasteiger charge is 2.25. The Morgan fingerprint density at radius 2 is 1.78 bits per heavy atom. The van der Waals surface area contributed by atoms with Gasteiger partial charge in [-0.15, -0.1) is 0 Å². The number of hydrogen-bond acceptors (Lipinski definition) is 4. The fourth-order valence-corrected chi connectivity index (χ4v) is 3.27. The van der Waals surface area contributed by atoms with Crippen molar-refractivity contribution in [3.05, 3.63) is 59.9 Å². The van der Waals surface area contributed by atoms with Crippen LogP contribution >= 0.6 is 0 Å². The summed E-state index contributed by atoms with van der Waals surface area (Å²) in [5, 5.41) is 3.09. The minimum atomic E-state index is -3.20. The number of hydrogen-bond donors (Lipinski definition) is 1. The molecule has 0 bridgehead atoms. The number of anilines is 1. The van der Waals surface area contributed by atoms with Gasteiger partial charge in [-0.3, -0.25) is 0 Å². The molecule has 2 aromatic rings. The number of nitrogens with one attached hydrogen (secondary N) is 1. The zero-order valence-corrected chi connectivity index (χ0v) is 14.2. The van der Waals surface area contributed by atoms with Gasteiger partial charge >= 0.3 is 0 Å². The predicted octanol–water partition coefficient (Wildman–Crippen LogP) is 2.46. The van der Waals surface area contributed by atoms with Gasteiger partial charge in [0.05, 0.1) is 27.1 Å². The maximum absolute atomic E-state index is 11.9. The Morgan fingerprint density at radius 1 is 1.13 bits per heavy atom. The number of halogens is 1. The van der Waals surface area contributed by atoms with Crippen LogP contribution in [0.3, 0.4) is 0 Å². The average molecular weight is 353 g/mol. The minimum absolute atomic E-state index is 0.0488. The lowest BCUT2D eigenvalue weighted by Crippen LogP contribution is -2.17. The van der Waals surface area contributed by atoms with E-state index in [-0.39, 0.29) is 16.8 Å². The third-order valence-electron chi connectivity index (χ3n) is 3.27. The van der Waals surface area contributed by atoms with Crippen LogP contribution in [0.4, 0.5) is 10.1 Å². The highest BCUT2D eigenvalue weighted by molar-refractivity contribution is 7.90. The zero-order valence-electron chi connectivity index (χ0n) is 12.6. The summed E-state index contributed by atoms with van der Waals surface area (Å²) in [5.41, 5.74) is 1.52. The summed E-state index contributed by atoms with van der Waals surface area (Å²) in [6.07, 6.45) is 1.17. The van der Waals surface area contributed by atoms with Gasteiger partial charge in [0.15, 0.2) is 9.84 Å². The van der Waals surface area contributed by atoms with Crippen molar-refractivity contribution in [2.45, 2.75) is 17.9 Å². The molecule has 23 heavy (non-hydrogen) atoms. The molecule has 0 saturated heterocycles. The molecule has 1 heterocycles. The molecule has 1 atom stereocenters. The molecule has 122 valence electrons. The molecule has 1 N–H and O–H groups in total. The summed E-state index contributed by atoms with van der Waals surface area (Å²) in [6, 6.07) is 12.7. The van der Waals surface area contributed by atoms with Gasteiger partial charge in [0.1, 0.15) is 5.82 Å². The molecule has 1 unspecified atom stereocenters. The molecule has 7 heteroatoms. The lowest BCUT2D eigenvalue weighted by Gasteiger charge is -2.03. The molecular weight excluding hydrogens is 337 g/mol. The summed E-state index contributed by atoms with van der Waals surface area (Å²) in [5.74, 6) is -0.178. The molecule has 0 radical (unpaired) electrons. The number of sulfone groups is 1. The molecule has 3 rings (SSSR count). The zero-order chi connectivity index (χ0) is 17.0. The van der Waals surface area contributed by atoms with Crippen LogP contribution in [0.15, 0.2) is 53.4 Å². The van der Waals surface area contributed by atoms with Crippen LogP contribution in [0.2, 0.25) is 0 Å². The average Bonchev–Trinajstić information content (AvgIpc) is 2.82. The van der Waals surface area contributed by atoms with Crippen molar-refractivity contribution in [2.24, 2.45) is 0 Å². The molecule has 1 aliphatic heterocycles. The monoisotopic (exact) mass is 353 g/mol. The summed E-state index contributed by atoms with van der Waals surface area (Å²) < 4.78 is 45.5. The fourth-order valence-electron chi connectivity index (χ4n) is 2.15. The molecular formula is C16H16FNO3S2. The molecule has 0 amide bonds. The maximum atomic E-state index is 11.9. The van der Waals surface area contributed by atoms with E-state index < -0.39 is 9.84 Å². The number of rotatable bonds is 1. The van der Waals surface area contributed by atoms with E-state index in [4.69, 9.17) is 0 Å². The molecule has 0 aliphatic carbocycles. The van der Waals surface area contributed by atoms with E-state index in [0.717, 1.165) is 5.56 Å². The van der Waals surface area contributed by atoms with Crippen LogP contribution < -0.4 is 5.32 Å². The summed E-state index contributed by atoms with van der Waals surface area (Å²) in [6.45, 7) is 1.88. The largest absolute Gasteiger partial charge is 0.377 e. The third kappa shape index (κ3) is 4.27. The van der Waals surface area contributed by atoms with Gasteiger partial charge in [-0.1, -0.05) is 24.3 Å². The van der Waals surface area contributed by atoms with Crippen LogP contribution in [0.1, 0.15) is 12.5 Å². The second-order valence-electron chi connectivity index (χ2n) is 5.09. The molecule has 4 nitrogen and oxygen atoms in total. The van der Waals surface area contributed by atoms with Crippen molar-refractivity contribution in [1.29, 1.82) is 0 Å². The Morgan fingerprint density at radius 3 is 2.26 bits per heavy atom. The molecule has 2 aromatic carbocycles. The second kappa shape index (κ2) is 7.06. The van der Waals surface area contributed by atoms with E-state index in [0.29, 0.717) is 21.8 Å². The highest BCUT2D eigenvalue weighted by Crippen LogP contribution is 2.28. The Balaban J connectivity index is 0.000000229. The van der Waals surface area contributed by atoms with Crippen molar-refractivity contribution in [3.63, 3.8) is 0 Å². The lowest BCUT2D eigenvalue weighted by atomic mass is 10.1. The van der Waals surface area contributed by atoms with Gasteiger partial charge < -0.3 is 5.32 Å². The van der Waals surface area contributed by atoms with Crippen molar-refractivity contribution >= 4 is 31.6 Å². The number of benzene rings is 2. The van der Waals surface area contributed by atoms with Crippen molar-refractivity contribution < 1.29 is 17.0 Å². The summed E-state index contributed by atoms with van der Waals surface area (Å²) >= 11 is 0.451. The number of fused-ring (bicyclic) bond motifs is 1. The molecule has 1 aliphatic rings. The Hall–Kier alpha value is -1.99.